The van der Waals surface area contributed by atoms with Gasteiger partial charge in [0, 0.05) is 11.1 Å². The Morgan fingerprint density at radius 1 is 1.04 bits per heavy atom. The molecule has 0 fully saturated rings. The molecule has 0 unspecified atom stereocenters. The highest BCUT2D eigenvalue weighted by Crippen LogP contribution is 2.22. The summed E-state index contributed by atoms with van der Waals surface area (Å²) < 4.78 is 18.4. The topological polar surface area (TPSA) is 91.9 Å². The van der Waals surface area contributed by atoms with E-state index in [9.17, 15) is 14.0 Å². The normalized spacial score (nSPS) is 10.8. The molecule has 0 aliphatic carbocycles. The van der Waals surface area contributed by atoms with Crippen LogP contribution in [0.1, 0.15) is 26.5 Å². The molecule has 0 saturated heterocycles. The lowest BCUT2D eigenvalue weighted by Gasteiger charge is -1.99. The molecular formula is C19H13FN2O4. The smallest absolute Gasteiger partial charge is 0.335 e. The van der Waals surface area contributed by atoms with Crippen molar-refractivity contribution < 1.29 is 23.5 Å². The average molecular weight is 352 g/mol. The number of carbonyl (C=O) groups is 2. The van der Waals surface area contributed by atoms with Crippen molar-refractivity contribution in [2.75, 3.05) is 0 Å². The van der Waals surface area contributed by atoms with Gasteiger partial charge in [0.1, 0.15) is 17.3 Å². The zero-order chi connectivity index (χ0) is 18.5. The Hall–Kier alpha value is -3.74. The second-order valence-corrected chi connectivity index (χ2v) is 5.29. The first-order chi connectivity index (χ1) is 12.5. The number of rotatable bonds is 5. The van der Waals surface area contributed by atoms with Crippen molar-refractivity contribution in [3.63, 3.8) is 0 Å². The summed E-state index contributed by atoms with van der Waals surface area (Å²) in [6, 6.07) is 14.7. The summed E-state index contributed by atoms with van der Waals surface area (Å²) in [7, 11) is 0. The lowest BCUT2D eigenvalue weighted by molar-refractivity contribution is 0.0696. The fourth-order valence-corrected chi connectivity index (χ4v) is 2.20. The van der Waals surface area contributed by atoms with E-state index >= 15 is 0 Å². The highest BCUT2D eigenvalue weighted by molar-refractivity contribution is 5.94. The molecule has 3 rings (SSSR count). The molecule has 0 aliphatic rings. The largest absolute Gasteiger partial charge is 0.478 e. The van der Waals surface area contributed by atoms with Crippen LogP contribution in [0, 0.1) is 5.82 Å². The van der Waals surface area contributed by atoms with Gasteiger partial charge < -0.3 is 9.52 Å². The molecule has 130 valence electrons. The van der Waals surface area contributed by atoms with Gasteiger partial charge in [0.2, 0.25) is 0 Å². The first kappa shape index (κ1) is 17.1. The van der Waals surface area contributed by atoms with E-state index in [1.807, 2.05) is 0 Å². The van der Waals surface area contributed by atoms with Crippen molar-refractivity contribution in [1.29, 1.82) is 0 Å². The molecule has 0 spiro atoms. The second kappa shape index (κ2) is 7.43. The van der Waals surface area contributed by atoms with Crippen LogP contribution in [0.3, 0.4) is 0 Å². The number of halogens is 1. The summed E-state index contributed by atoms with van der Waals surface area (Å²) in [6.45, 7) is 0. The quantitative estimate of drug-likeness (QED) is 0.543. The number of hydrogen-bond donors (Lipinski definition) is 2. The van der Waals surface area contributed by atoms with Crippen molar-refractivity contribution in [2.24, 2.45) is 5.10 Å². The van der Waals surface area contributed by atoms with Crippen molar-refractivity contribution in [2.45, 2.75) is 0 Å². The SMILES string of the molecule is O=C(O)c1cccc(-c2ccc(/C=N\NC(=O)c3ccc(F)cc3)o2)c1. The van der Waals surface area contributed by atoms with Crippen molar-refractivity contribution in [3.8, 4) is 11.3 Å². The predicted octanol–water partition coefficient (Wildman–Crippen LogP) is 3.55. The predicted molar refractivity (Wildman–Crippen MR) is 92.6 cm³/mol. The van der Waals surface area contributed by atoms with E-state index in [-0.39, 0.29) is 11.1 Å². The molecule has 0 aliphatic heterocycles. The Morgan fingerprint density at radius 3 is 2.54 bits per heavy atom. The van der Waals surface area contributed by atoms with E-state index in [0.717, 1.165) is 0 Å². The van der Waals surface area contributed by atoms with E-state index in [4.69, 9.17) is 9.52 Å². The van der Waals surface area contributed by atoms with Gasteiger partial charge >= 0.3 is 5.97 Å². The molecule has 1 amide bonds. The monoisotopic (exact) mass is 352 g/mol. The molecule has 6 nitrogen and oxygen atoms in total. The van der Waals surface area contributed by atoms with Crippen molar-refractivity contribution in [3.05, 3.63) is 83.4 Å². The van der Waals surface area contributed by atoms with Gasteiger partial charge in [-0.25, -0.2) is 14.6 Å². The van der Waals surface area contributed by atoms with Crippen LogP contribution in [-0.2, 0) is 0 Å². The van der Waals surface area contributed by atoms with Crippen LogP contribution < -0.4 is 5.43 Å². The zero-order valence-corrected chi connectivity index (χ0v) is 13.3. The minimum Gasteiger partial charge on any atom is -0.478 e. The minimum atomic E-state index is -1.02. The molecule has 0 bridgehead atoms. The third kappa shape index (κ3) is 4.02. The Morgan fingerprint density at radius 2 is 1.81 bits per heavy atom. The van der Waals surface area contributed by atoms with Gasteiger partial charge in [-0.15, -0.1) is 0 Å². The fourth-order valence-electron chi connectivity index (χ4n) is 2.20. The lowest BCUT2D eigenvalue weighted by Crippen LogP contribution is -2.17. The number of carboxylic acid groups (broad SMARTS) is 1. The summed E-state index contributed by atoms with van der Waals surface area (Å²) in [6.07, 6.45) is 1.31. The Bertz CT molecular complexity index is 977. The molecule has 2 aromatic carbocycles. The number of carbonyl (C=O) groups excluding carboxylic acids is 1. The number of carboxylic acids is 1. The number of nitrogens with one attached hydrogen (secondary N) is 1. The van der Waals surface area contributed by atoms with E-state index in [2.05, 4.69) is 10.5 Å². The highest BCUT2D eigenvalue weighted by Gasteiger charge is 2.08. The first-order valence-corrected chi connectivity index (χ1v) is 7.55. The number of hydrazone groups is 1. The third-order valence-electron chi connectivity index (χ3n) is 3.49. The molecule has 0 radical (unpaired) electrons. The van der Waals surface area contributed by atoms with Gasteiger partial charge in [-0.05, 0) is 48.5 Å². The van der Waals surface area contributed by atoms with E-state index in [1.54, 1.807) is 24.3 Å². The van der Waals surface area contributed by atoms with Gasteiger partial charge in [0.25, 0.3) is 5.91 Å². The van der Waals surface area contributed by atoms with Crippen LogP contribution in [0.25, 0.3) is 11.3 Å². The average Bonchev–Trinajstić information content (AvgIpc) is 3.11. The first-order valence-electron chi connectivity index (χ1n) is 7.55. The van der Waals surface area contributed by atoms with Gasteiger partial charge in [-0.1, -0.05) is 12.1 Å². The maximum absolute atomic E-state index is 12.8. The molecule has 0 atom stereocenters. The summed E-state index contributed by atoms with van der Waals surface area (Å²) in [5.41, 5.74) is 3.35. The van der Waals surface area contributed by atoms with Crippen LogP contribution in [0.15, 0.2) is 70.2 Å². The van der Waals surface area contributed by atoms with Crippen LogP contribution in [-0.4, -0.2) is 23.2 Å². The molecule has 3 aromatic rings. The number of nitrogens with zero attached hydrogens (tertiary/aromatic N) is 1. The van der Waals surface area contributed by atoms with Gasteiger partial charge in [0.15, 0.2) is 0 Å². The Balaban J connectivity index is 1.67. The zero-order valence-electron chi connectivity index (χ0n) is 13.3. The Labute approximate surface area is 147 Å². The van der Waals surface area contributed by atoms with Crippen LogP contribution in [0.2, 0.25) is 0 Å². The summed E-state index contributed by atoms with van der Waals surface area (Å²) in [5, 5.41) is 12.8. The van der Waals surface area contributed by atoms with Gasteiger partial charge in [-0.3, -0.25) is 4.79 Å². The standard InChI is InChI=1S/C19H13FN2O4/c20-15-6-4-12(5-7-15)18(23)22-21-11-16-8-9-17(26-16)13-2-1-3-14(10-13)19(24)25/h1-11H,(H,22,23)(H,24,25)/b21-11-. The van der Waals surface area contributed by atoms with Crippen molar-refractivity contribution >= 4 is 18.1 Å². The molecule has 0 saturated carbocycles. The molecule has 7 heteroatoms. The number of hydrogen-bond acceptors (Lipinski definition) is 4. The fraction of sp³-hybridized carbons (Fsp3) is 0. The summed E-state index contributed by atoms with van der Waals surface area (Å²) in [4.78, 5) is 22.9. The Kier molecular flexibility index (Phi) is 4.89. The molecule has 26 heavy (non-hydrogen) atoms. The van der Waals surface area contributed by atoms with Crippen LogP contribution in [0.5, 0.6) is 0 Å². The molecule has 1 heterocycles. The van der Waals surface area contributed by atoms with Crippen LogP contribution >= 0.6 is 0 Å². The number of benzene rings is 2. The lowest BCUT2D eigenvalue weighted by atomic mass is 10.1. The number of aromatic carboxylic acids is 1. The van der Waals surface area contributed by atoms with E-state index < -0.39 is 17.7 Å². The van der Waals surface area contributed by atoms with Crippen molar-refractivity contribution in [1.82, 2.24) is 5.43 Å². The van der Waals surface area contributed by atoms with E-state index in [0.29, 0.717) is 17.1 Å². The summed E-state index contributed by atoms with van der Waals surface area (Å²) in [5.74, 6) is -1.09. The maximum atomic E-state index is 12.8. The maximum Gasteiger partial charge on any atom is 0.335 e. The highest BCUT2D eigenvalue weighted by atomic mass is 19.1. The molecule has 2 N–H and O–H groups in total. The third-order valence-corrected chi connectivity index (χ3v) is 3.49. The van der Waals surface area contributed by atoms with Gasteiger partial charge in [-0.2, -0.15) is 5.10 Å². The van der Waals surface area contributed by atoms with Crippen LogP contribution in [0.4, 0.5) is 4.39 Å². The number of furan rings is 1. The van der Waals surface area contributed by atoms with Gasteiger partial charge in [0.05, 0.1) is 11.8 Å². The summed E-state index contributed by atoms with van der Waals surface area (Å²) >= 11 is 0. The molecular weight excluding hydrogens is 339 g/mol. The number of amides is 1. The molecule has 1 aromatic heterocycles. The van der Waals surface area contributed by atoms with E-state index in [1.165, 1.54) is 42.6 Å². The minimum absolute atomic E-state index is 0.153. The second-order valence-electron chi connectivity index (χ2n) is 5.29.